The van der Waals surface area contributed by atoms with Gasteiger partial charge in [0.25, 0.3) is 5.91 Å². The molecule has 160 valence electrons. The Hall–Kier alpha value is -4.19. The van der Waals surface area contributed by atoms with Crippen LogP contribution in [0.1, 0.15) is 27.0 Å². The molecule has 6 nitrogen and oxygen atoms in total. The average molecular weight is 425 g/mol. The summed E-state index contributed by atoms with van der Waals surface area (Å²) in [7, 11) is 0. The third kappa shape index (κ3) is 4.59. The number of nitrogens with zero attached hydrogens (tertiary/aromatic N) is 2. The Morgan fingerprint density at radius 1 is 0.938 bits per heavy atom. The average Bonchev–Trinajstić information content (AvgIpc) is 3.23. The number of nitrogens with two attached hydrogens (primary N) is 1. The number of rotatable bonds is 6. The predicted molar refractivity (Wildman–Crippen MR) is 126 cm³/mol. The normalized spacial score (nSPS) is 10.7. The molecular formula is C26H24N4O2. The van der Waals surface area contributed by atoms with Crippen LogP contribution in [0.2, 0.25) is 0 Å². The zero-order valence-corrected chi connectivity index (χ0v) is 18.0. The van der Waals surface area contributed by atoms with Crippen molar-refractivity contribution in [1.82, 2.24) is 9.78 Å². The molecule has 3 N–H and O–H groups in total. The van der Waals surface area contributed by atoms with Crippen LogP contribution >= 0.6 is 0 Å². The second-order valence-electron chi connectivity index (χ2n) is 7.76. The van der Waals surface area contributed by atoms with E-state index in [1.165, 1.54) is 5.56 Å². The molecule has 0 fully saturated rings. The SMILES string of the molecule is Cc1ccc(-c2nn(-c3ccccc3)cc2C(=O)Nc2ccc(CC(N)=O)cc2)cc1C. The summed E-state index contributed by atoms with van der Waals surface area (Å²) >= 11 is 0. The van der Waals surface area contributed by atoms with Crippen LogP contribution in [-0.2, 0) is 11.2 Å². The molecule has 0 unspecified atom stereocenters. The van der Waals surface area contributed by atoms with E-state index in [2.05, 4.69) is 12.2 Å². The first-order valence-electron chi connectivity index (χ1n) is 10.3. The van der Waals surface area contributed by atoms with Crippen LogP contribution in [0.3, 0.4) is 0 Å². The number of hydrogen-bond acceptors (Lipinski definition) is 3. The van der Waals surface area contributed by atoms with E-state index in [1.807, 2.05) is 55.5 Å². The standard InChI is InChI=1S/C26H24N4O2/c1-17-8-11-20(14-18(17)2)25-23(16-30(29-25)22-6-4-3-5-7-22)26(32)28-21-12-9-19(10-13-21)15-24(27)31/h3-14,16H,15H2,1-2H3,(H2,27,31)(H,28,32). The van der Waals surface area contributed by atoms with Crippen molar-refractivity contribution in [1.29, 1.82) is 0 Å². The van der Waals surface area contributed by atoms with Gasteiger partial charge in [0.05, 0.1) is 17.7 Å². The molecule has 1 aromatic heterocycles. The maximum absolute atomic E-state index is 13.2. The molecule has 0 saturated heterocycles. The van der Waals surface area contributed by atoms with Crippen LogP contribution in [-0.4, -0.2) is 21.6 Å². The number of carbonyl (C=O) groups excluding carboxylic acids is 2. The van der Waals surface area contributed by atoms with Crippen molar-refractivity contribution in [2.45, 2.75) is 20.3 Å². The summed E-state index contributed by atoms with van der Waals surface area (Å²) < 4.78 is 1.72. The minimum absolute atomic E-state index is 0.162. The summed E-state index contributed by atoms with van der Waals surface area (Å²) in [6.07, 6.45) is 1.91. The quantitative estimate of drug-likeness (QED) is 0.480. The van der Waals surface area contributed by atoms with E-state index in [0.29, 0.717) is 16.9 Å². The maximum atomic E-state index is 13.2. The van der Waals surface area contributed by atoms with E-state index >= 15 is 0 Å². The lowest BCUT2D eigenvalue weighted by Gasteiger charge is -2.08. The van der Waals surface area contributed by atoms with Gasteiger partial charge in [0.1, 0.15) is 5.69 Å². The van der Waals surface area contributed by atoms with Crippen molar-refractivity contribution < 1.29 is 9.59 Å². The molecule has 4 rings (SSSR count). The molecule has 0 aliphatic carbocycles. The largest absolute Gasteiger partial charge is 0.369 e. The highest BCUT2D eigenvalue weighted by molar-refractivity contribution is 6.08. The van der Waals surface area contributed by atoms with Gasteiger partial charge in [-0.05, 0) is 60.9 Å². The monoisotopic (exact) mass is 424 g/mol. The van der Waals surface area contributed by atoms with Gasteiger partial charge < -0.3 is 11.1 Å². The highest BCUT2D eigenvalue weighted by Crippen LogP contribution is 2.26. The molecule has 0 bridgehead atoms. The van der Waals surface area contributed by atoms with E-state index in [-0.39, 0.29) is 12.3 Å². The summed E-state index contributed by atoms with van der Waals surface area (Å²) in [6.45, 7) is 4.09. The van der Waals surface area contributed by atoms with Gasteiger partial charge in [-0.3, -0.25) is 9.59 Å². The molecule has 3 aromatic carbocycles. The third-order valence-corrected chi connectivity index (χ3v) is 5.35. The van der Waals surface area contributed by atoms with Gasteiger partial charge in [-0.2, -0.15) is 5.10 Å². The van der Waals surface area contributed by atoms with Crippen LogP contribution in [0.5, 0.6) is 0 Å². The first-order valence-corrected chi connectivity index (χ1v) is 10.3. The second-order valence-corrected chi connectivity index (χ2v) is 7.76. The number of hydrogen-bond donors (Lipinski definition) is 2. The molecule has 0 aliphatic heterocycles. The highest BCUT2D eigenvalue weighted by Gasteiger charge is 2.19. The van der Waals surface area contributed by atoms with Crippen LogP contribution < -0.4 is 11.1 Å². The smallest absolute Gasteiger partial charge is 0.259 e. The van der Waals surface area contributed by atoms with Crippen molar-refractivity contribution in [2.24, 2.45) is 5.73 Å². The Balaban J connectivity index is 1.69. The number of carbonyl (C=O) groups is 2. The molecule has 6 heteroatoms. The Labute approximate surface area is 186 Å². The Morgan fingerprint density at radius 2 is 1.66 bits per heavy atom. The van der Waals surface area contributed by atoms with Crippen LogP contribution in [0.25, 0.3) is 16.9 Å². The van der Waals surface area contributed by atoms with E-state index < -0.39 is 5.91 Å². The van der Waals surface area contributed by atoms with Crippen LogP contribution in [0.4, 0.5) is 5.69 Å². The molecule has 2 amide bonds. The third-order valence-electron chi connectivity index (χ3n) is 5.35. The number of primary amides is 1. The number of amides is 2. The molecule has 0 saturated carbocycles. The first kappa shape index (κ1) is 21.1. The fourth-order valence-electron chi connectivity index (χ4n) is 3.46. The summed E-state index contributed by atoms with van der Waals surface area (Å²) in [5.74, 6) is -0.656. The molecular weight excluding hydrogens is 400 g/mol. The Kier molecular flexibility index (Phi) is 5.85. The number of benzene rings is 3. The summed E-state index contributed by atoms with van der Waals surface area (Å²) in [4.78, 5) is 24.3. The summed E-state index contributed by atoms with van der Waals surface area (Å²) in [6, 6.07) is 22.8. The predicted octanol–water partition coefficient (Wildman–Crippen LogP) is 4.44. The zero-order chi connectivity index (χ0) is 22.7. The first-order chi connectivity index (χ1) is 15.4. The fraction of sp³-hybridized carbons (Fsp3) is 0.115. The minimum atomic E-state index is -0.395. The van der Waals surface area contributed by atoms with Crippen molar-refractivity contribution in [3.63, 3.8) is 0 Å². The lowest BCUT2D eigenvalue weighted by atomic mass is 10.0. The van der Waals surface area contributed by atoms with Crippen molar-refractivity contribution in [2.75, 3.05) is 5.32 Å². The molecule has 0 radical (unpaired) electrons. The lowest BCUT2D eigenvalue weighted by Crippen LogP contribution is -2.14. The Bertz CT molecular complexity index is 1280. The fourth-order valence-corrected chi connectivity index (χ4v) is 3.46. The zero-order valence-electron chi connectivity index (χ0n) is 18.0. The van der Waals surface area contributed by atoms with E-state index in [1.54, 1.807) is 35.1 Å². The van der Waals surface area contributed by atoms with Crippen molar-refractivity contribution in [3.8, 4) is 16.9 Å². The van der Waals surface area contributed by atoms with Crippen molar-refractivity contribution in [3.05, 3.63) is 101 Å². The van der Waals surface area contributed by atoms with Gasteiger partial charge in [-0.25, -0.2) is 4.68 Å². The van der Waals surface area contributed by atoms with Gasteiger partial charge >= 0.3 is 0 Å². The second kappa shape index (κ2) is 8.89. The lowest BCUT2D eigenvalue weighted by molar-refractivity contribution is -0.117. The number of aromatic nitrogens is 2. The van der Waals surface area contributed by atoms with Crippen LogP contribution in [0.15, 0.2) is 79.0 Å². The molecule has 0 atom stereocenters. The van der Waals surface area contributed by atoms with Gasteiger partial charge in [-0.15, -0.1) is 0 Å². The van der Waals surface area contributed by atoms with Gasteiger partial charge in [0.15, 0.2) is 0 Å². The Morgan fingerprint density at radius 3 is 2.31 bits per heavy atom. The van der Waals surface area contributed by atoms with Crippen LogP contribution in [0, 0.1) is 13.8 Å². The van der Waals surface area contributed by atoms with Gasteiger partial charge in [-0.1, -0.05) is 42.5 Å². The number of aryl methyl sites for hydroxylation is 2. The summed E-state index contributed by atoms with van der Waals surface area (Å²) in [5.41, 5.74) is 11.8. The van der Waals surface area contributed by atoms with Gasteiger partial charge in [0, 0.05) is 17.4 Å². The minimum Gasteiger partial charge on any atom is -0.369 e. The summed E-state index contributed by atoms with van der Waals surface area (Å²) in [5, 5.41) is 7.67. The molecule has 0 aliphatic rings. The maximum Gasteiger partial charge on any atom is 0.259 e. The van der Waals surface area contributed by atoms with E-state index in [9.17, 15) is 9.59 Å². The molecule has 0 spiro atoms. The molecule has 4 aromatic rings. The van der Waals surface area contributed by atoms with E-state index in [4.69, 9.17) is 10.8 Å². The molecule has 1 heterocycles. The van der Waals surface area contributed by atoms with Gasteiger partial charge in [0.2, 0.25) is 5.91 Å². The highest BCUT2D eigenvalue weighted by atomic mass is 16.2. The number of nitrogens with one attached hydrogen (secondary N) is 1. The van der Waals surface area contributed by atoms with Crippen molar-refractivity contribution >= 4 is 17.5 Å². The topological polar surface area (TPSA) is 90.0 Å². The number of anilines is 1. The molecule has 32 heavy (non-hydrogen) atoms. The van der Waals surface area contributed by atoms with E-state index in [0.717, 1.165) is 22.4 Å². The number of para-hydroxylation sites is 1.